The van der Waals surface area contributed by atoms with Gasteiger partial charge in [0.1, 0.15) is 17.2 Å². The van der Waals surface area contributed by atoms with Gasteiger partial charge in [0.2, 0.25) is 0 Å². The van der Waals surface area contributed by atoms with Gasteiger partial charge in [-0.2, -0.15) is 5.10 Å². The molecule has 0 radical (unpaired) electrons. The first-order valence-corrected chi connectivity index (χ1v) is 6.68. The lowest BCUT2D eigenvalue weighted by Gasteiger charge is -2.03. The summed E-state index contributed by atoms with van der Waals surface area (Å²) in [5, 5.41) is 8.33. The highest BCUT2D eigenvalue weighted by Crippen LogP contribution is 2.17. The maximum atomic E-state index is 5.00. The van der Waals surface area contributed by atoms with Gasteiger partial charge in [-0.3, -0.25) is 4.68 Å². The molecule has 6 nitrogen and oxygen atoms in total. The summed E-state index contributed by atoms with van der Waals surface area (Å²) in [5.41, 5.74) is 0.900. The number of thioether (sulfide) groups is 1. The van der Waals surface area contributed by atoms with Gasteiger partial charge < -0.3 is 10.1 Å². The van der Waals surface area contributed by atoms with Gasteiger partial charge in [0.25, 0.3) is 0 Å². The third-order valence-electron chi connectivity index (χ3n) is 2.28. The largest absolute Gasteiger partial charge is 0.383 e. The van der Waals surface area contributed by atoms with Crippen molar-refractivity contribution < 1.29 is 4.74 Å². The molecule has 0 spiro atoms. The third-order valence-corrected chi connectivity index (χ3v) is 2.92. The number of hydrogen-bond donors (Lipinski definition) is 1. The molecule has 18 heavy (non-hydrogen) atoms. The van der Waals surface area contributed by atoms with Crippen molar-refractivity contribution in [2.75, 3.05) is 25.3 Å². The van der Waals surface area contributed by atoms with Crippen LogP contribution < -0.4 is 5.32 Å². The van der Waals surface area contributed by atoms with Crippen molar-refractivity contribution in [2.45, 2.75) is 11.6 Å². The summed E-state index contributed by atoms with van der Waals surface area (Å²) in [6.07, 6.45) is 7.20. The number of rotatable bonds is 6. The molecule has 2 aromatic rings. The zero-order valence-electron chi connectivity index (χ0n) is 10.3. The predicted molar refractivity (Wildman–Crippen MR) is 71.2 cm³/mol. The zero-order valence-corrected chi connectivity index (χ0v) is 11.1. The minimum absolute atomic E-state index is 0.644. The molecule has 96 valence electrons. The number of ether oxygens (including phenoxy) is 1. The van der Waals surface area contributed by atoms with Crippen LogP contribution in [0.1, 0.15) is 0 Å². The van der Waals surface area contributed by atoms with Crippen molar-refractivity contribution in [3.8, 4) is 0 Å². The molecule has 0 saturated heterocycles. The quantitative estimate of drug-likeness (QED) is 0.634. The van der Waals surface area contributed by atoms with Crippen LogP contribution in [-0.2, 0) is 11.3 Å². The molecule has 0 bridgehead atoms. The molecule has 0 saturated carbocycles. The molecule has 0 aromatic carbocycles. The van der Waals surface area contributed by atoms with E-state index in [4.69, 9.17) is 4.74 Å². The summed E-state index contributed by atoms with van der Waals surface area (Å²) < 4.78 is 6.82. The van der Waals surface area contributed by atoms with Crippen LogP contribution in [0.3, 0.4) is 0 Å². The van der Waals surface area contributed by atoms with Crippen LogP contribution in [0.5, 0.6) is 0 Å². The normalized spacial score (nSPS) is 10.6. The Labute approximate surface area is 110 Å². The van der Waals surface area contributed by atoms with Crippen LogP contribution in [0.4, 0.5) is 11.5 Å². The summed E-state index contributed by atoms with van der Waals surface area (Å²) in [7, 11) is 1.67. The third kappa shape index (κ3) is 3.44. The van der Waals surface area contributed by atoms with Gasteiger partial charge in [-0.1, -0.05) is 0 Å². The molecular weight excluding hydrogens is 250 g/mol. The molecule has 0 amide bonds. The Morgan fingerprint density at radius 2 is 2.33 bits per heavy atom. The summed E-state index contributed by atoms with van der Waals surface area (Å²) in [5.74, 6) is 0.764. The standard InChI is InChI=1S/C11H15N5OS/c1-17-4-3-16-7-9(6-14-16)15-10-5-11(18-2)13-8-12-10/h5-8H,3-4H2,1-2H3,(H,12,13,15). The van der Waals surface area contributed by atoms with Crippen LogP contribution in [-0.4, -0.2) is 39.7 Å². The van der Waals surface area contributed by atoms with Crippen LogP contribution in [0, 0.1) is 0 Å². The lowest BCUT2D eigenvalue weighted by molar-refractivity contribution is 0.183. The number of hydrogen-bond acceptors (Lipinski definition) is 6. The molecule has 0 atom stereocenters. The molecule has 2 rings (SSSR count). The van der Waals surface area contributed by atoms with E-state index >= 15 is 0 Å². The molecule has 0 fully saturated rings. The summed E-state index contributed by atoms with van der Waals surface area (Å²) in [6, 6.07) is 1.90. The van der Waals surface area contributed by atoms with Crippen molar-refractivity contribution in [2.24, 2.45) is 0 Å². The molecule has 2 heterocycles. The average Bonchev–Trinajstić information content (AvgIpc) is 2.84. The van der Waals surface area contributed by atoms with E-state index in [0.717, 1.165) is 23.1 Å². The Hall–Kier alpha value is -1.60. The summed E-state index contributed by atoms with van der Waals surface area (Å²) >= 11 is 1.58. The van der Waals surface area contributed by atoms with Crippen LogP contribution in [0.2, 0.25) is 0 Å². The summed E-state index contributed by atoms with van der Waals surface area (Å²) in [4.78, 5) is 8.28. The fourth-order valence-corrected chi connectivity index (χ4v) is 1.78. The Morgan fingerprint density at radius 1 is 1.44 bits per heavy atom. The summed E-state index contributed by atoms with van der Waals surface area (Å²) in [6.45, 7) is 1.38. The number of nitrogens with one attached hydrogen (secondary N) is 1. The second kappa shape index (κ2) is 6.36. The highest BCUT2D eigenvalue weighted by molar-refractivity contribution is 7.98. The van der Waals surface area contributed by atoms with E-state index in [1.165, 1.54) is 0 Å². The van der Waals surface area contributed by atoms with Gasteiger partial charge in [0, 0.05) is 19.4 Å². The minimum atomic E-state index is 0.644. The topological polar surface area (TPSA) is 64.9 Å². The van der Waals surface area contributed by atoms with Gasteiger partial charge in [-0.05, 0) is 6.26 Å². The first-order chi connectivity index (χ1) is 8.81. The lowest BCUT2D eigenvalue weighted by Crippen LogP contribution is -2.03. The number of aromatic nitrogens is 4. The second-order valence-electron chi connectivity index (χ2n) is 3.56. The first kappa shape index (κ1) is 12.8. The molecular formula is C11H15N5OS. The number of anilines is 2. The molecule has 7 heteroatoms. The smallest absolute Gasteiger partial charge is 0.134 e. The Bertz CT molecular complexity index is 502. The fourth-order valence-electron chi connectivity index (χ4n) is 1.40. The van der Waals surface area contributed by atoms with Crippen molar-refractivity contribution >= 4 is 23.3 Å². The fraction of sp³-hybridized carbons (Fsp3) is 0.364. The van der Waals surface area contributed by atoms with Gasteiger partial charge >= 0.3 is 0 Å². The van der Waals surface area contributed by atoms with Crippen molar-refractivity contribution in [3.05, 3.63) is 24.8 Å². The number of nitrogens with zero attached hydrogens (tertiary/aromatic N) is 4. The Kier molecular flexibility index (Phi) is 4.54. The molecule has 0 aliphatic rings. The molecule has 1 N–H and O–H groups in total. The highest BCUT2D eigenvalue weighted by atomic mass is 32.2. The maximum absolute atomic E-state index is 5.00. The molecule has 0 unspecified atom stereocenters. The highest BCUT2D eigenvalue weighted by Gasteiger charge is 2.01. The van der Waals surface area contributed by atoms with Crippen molar-refractivity contribution in [1.29, 1.82) is 0 Å². The first-order valence-electron chi connectivity index (χ1n) is 5.46. The van der Waals surface area contributed by atoms with E-state index in [1.807, 2.05) is 23.2 Å². The molecule has 0 aliphatic carbocycles. The monoisotopic (exact) mass is 265 g/mol. The van der Waals surface area contributed by atoms with Gasteiger partial charge in [0.05, 0.1) is 25.0 Å². The predicted octanol–water partition coefficient (Wildman–Crippen LogP) is 1.78. The average molecular weight is 265 g/mol. The van der Waals surface area contributed by atoms with Crippen LogP contribution in [0.15, 0.2) is 29.8 Å². The van der Waals surface area contributed by atoms with Gasteiger partial charge in [0.15, 0.2) is 0 Å². The van der Waals surface area contributed by atoms with E-state index in [2.05, 4.69) is 20.4 Å². The van der Waals surface area contributed by atoms with E-state index in [9.17, 15) is 0 Å². The van der Waals surface area contributed by atoms with Crippen molar-refractivity contribution in [1.82, 2.24) is 19.7 Å². The zero-order chi connectivity index (χ0) is 12.8. The SMILES string of the molecule is COCCn1cc(Nc2cc(SC)ncn2)cn1. The lowest BCUT2D eigenvalue weighted by atomic mass is 10.5. The van der Waals surface area contributed by atoms with Crippen LogP contribution in [0.25, 0.3) is 0 Å². The van der Waals surface area contributed by atoms with E-state index < -0.39 is 0 Å². The minimum Gasteiger partial charge on any atom is -0.383 e. The Morgan fingerprint density at radius 3 is 3.11 bits per heavy atom. The van der Waals surface area contributed by atoms with Gasteiger partial charge in [-0.15, -0.1) is 11.8 Å². The maximum Gasteiger partial charge on any atom is 0.134 e. The number of methoxy groups -OCH3 is 1. The van der Waals surface area contributed by atoms with Crippen molar-refractivity contribution in [3.63, 3.8) is 0 Å². The van der Waals surface area contributed by atoms with Crippen LogP contribution >= 0.6 is 11.8 Å². The molecule has 2 aromatic heterocycles. The van der Waals surface area contributed by atoms with Gasteiger partial charge in [-0.25, -0.2) is 9.97 Å². The van der Waals surface area contributed by atoms with E-state index in [1.54, 1.807) is 31.4 Å². The molecule has 0 aliphatic heterocycles. The second-order valence-corrected chi connectivity index (χ2v) is 4.38. The van der Waals surface area contributed by atoms with E-state index in [-0.39, 0.29) is 0 Å². The van der Waals surface area contributed by atoms with E-state index in [0.29, 0.717) is 6.61 Å². The Balaban J connectivity index is 2.01.